The lowest BCUT2D eigenvalue weighted by atomic mass is 10.0. The molecular weight excluding hydrogens is 170 g/mol. The zero-order valence-electron chi connectivity index (χ0n) is 8.72. The molecule has 1 aromatic rings. The molecule has 0 bridgehead atoms. The SMILES string of the molecule is C=C(C)CCC1Cc2ccccc2N1. The molecule has 1 N–H and O–H groups in total. The third-order valence-corrected chi connectivity index (χ3v) is 2.76. The van der Waals surface area contributed by atoms with Crippen molar-refractivity contribution in [1.82, 2.24) is 0 Å². The number of hydrogen-bond donors (Lipinski definition) is 1. The summed E-state index contributed by atoms with van der Waals surface area (Å²) in [4.78, 5) is 0. The average molecular weight is 187 g/mol. The minimum absolute atomic E-state index is 0.615. The fourth-order valence-electron chi connectivity index (χ4n) is 1.97. The van der Waals surface area contributed by atoms with Crippen molar-refractivity contribution >= 4 is 5.69 Å². The van der Waals surface area contributed by atoms with Gasteiger partial charge >= 0.3 is 0 Å². The van der Waals surface area contributed by atoms with Crippen LogP contribution in [0.25, 0.3) is 0 Å². The Bertz CT molecular complexity index is 316. The van der Waals surface area contributed by atoms with Gasteiger partial charge in [-0.05, 0) is 37.8 Å². The van der Waals surface area contributed by atoms with Crippen molar-refractivity contribution in [2.45, 2.75) is 32.2 Å². The van der Waals surface area contributed by atoms with Gasteiger partial charge in [-0.25, -0.2) is 0 Å². The van der Waals surface area contributed by atoms with Gasteiger partial charge in [0.15, 0.2) is 0 Å². The van der Waals surface area contributed by atoms with Crippen molar-refractivity contribution < 1.29 is 0 Å². The lowest BCUT2D eigenvalue weighted by Gasteiger charge is -2.10. The molecule has 1 heteroatoms. The third-order valence-electron chi connectivity index (χ3n) is 2.76. The molecule has 2 rings (SSSR count). The standard InChI is InChI=1S/C13H17N/c1-10(2)7-8-12-9-11-5-3-4-6-13(11)14-12/h3-6,12,14H,1,7-9H2,2H3. The van der Waals surface area contributed by atoms with E-state index in [1.807, 2.05) is 0 Å². The van der Waals surface area contributed by atoms with Crippen LogP contribution in [0.15, 0.2) is 36.4 Å². The molecule has 0 aliphatic carbocycles. The second-order valence-electron chi connectivity index (χ2n) is 4.20. The first-order chi connectivity index (χ1) is 6.75. The smallest absolute Gasteiger partial charge is 0.0375 e. The van der Waals surface area contributed by atoms with E-state index >= 15 is 0 Å². The number of para-hydroxylation sites is 1. The van der Waals surface area contributed by atoms with Crippen LogP contribution in [0.5, 0.6) is 0 Å². The van der Waals surface area contributed by atoms with E-state index in [-0.39, 0.29) is 0 Å². The summed E-state index contributed by atoms with van der Waals surface area (Å²) in [6.45, 7) is 6.04. The van der Waals surface area contributed by atoms with Crippen LogP contribution in [-0.2, 0) is 6.42 Å². The van der Waals surface area contributed by atoms with Crippen LogP contribution in [0.4, 0.5) is 5.69 Å². The predicted molar refractivity (Wildman–Crippen MR) is 61.6 cm³/mol. The number of nitrogens with one attached hydrogen (secondary N) is 1. The molecule has 0 spiro atoms. The molecule has 1 aliphatic rings. The molecule has 1 nitrogen and oxygen atoms in total. The molecule has 1 heterocycles. The zero-order valence-corrected chi connectivity index (χ0v) is 8.72. The minimum atomic E-state index is 0.615. The number of benzene rings is 1. The van der Waals surface area contributed by atoms with Crippen LogP contribution in [0.3, 0.4) is 0 Å². The second-order valence-corrected chi connectivity index (χ2v) is 4.20. The van der Waals surface area contributed by atoms with Gasteiger partial charge in [0.1, 0.15) is 0 Å². The topological polar surface area (TPSA) is 12.0 Å². The molecule has 1 unspecified atom stereocenters. The molecule has 1 aliphatic heterocycles. The zero-order chi connectivity index (χ0) is 9.97. The first kappa shape index (κ1) is 9.32. The van der Waals surface area contributed by atoms with Gasteiger partial charge in [-0.15, -0.1) is 6.58 Å². The molecule has 1 aromatic carbocycles. The van der Waals surface area contributed by atoms with Crippen molar-refractivity contribution in [1.29, 1.82) is 0 Å². The largest absolute Gasteiger partial charge is 0.382 e. The van der Waals surface area contributed by atoms with Gasteiger partial charge in [0, 0.05) is 11.7 Å². The number of allylic oxidation sites excluding steroid dienone is 1. The maximum absolute atomic E-state index is 3.94. The first-order valence-corrected chi connectivity index (χ1v) is 5.24. The highest BCUT2D eigenvalue weighted by Gasteiger charge is 2.18. The number of fused-ring (bicyclic) bond motifs is 1. The predicted octanol–water partition coefficient (Wildman–Crippen LogP) is 3.38. The average Bonchev–Trinajstić information content (AvgIpc) is 2.57. The lowest BCUT2D eigenvalue weighted by Crippen LogP contribution is -2.14. The Morgan fingerprint density at radius 2 is 2.29 bits per heavy atom. The fraction of sp³-hybridized carbons (Fsp3) is 0.385. The van der Waals surface area contributed by atoms with E-state index in [1.165, 1.54) is 29.7 Å². The molecule has 14 heavy (non-hydrogen) atoms. The summed E-state index contributed by atoms with van der Waals surface area (Å²) in [5.74, 6) is 0. The lowest BCUT2D eigenvalue weighted by molar-refractivity contribution is 0.672. The van der Waals surface area contributed by atoms with Crippen LogP contribution >= 0.6 is 0 Å². The minimum Gasteiger partial charge on any atom is -0.382 e. The van der Waals surface area contributed by atoms with E-state index in [4.69, 9.17) is 0 Å². The summed E-state index contributed by atoms with van der Waals surface area (Å²) in [6, 6.07) is 9.19. The Morgan fingerprint density at radius 1 is 1.50 bits per heavy atom. The highest BCUT2D eigenvalue weighted by Crippen LogP contribution is 2.27. The number of anilines is 1. The monoisotopic (exact) mass is 187 g/mol. The Labute approximate surface area is 85.8 Å². The van der Waals surface area contributed by atoms with Gasteiger partial charge in [0.05, 0.1) is 0 Å². The van der Waals surface area contributed by atoms with Crippen LogP contribution in [0, 0.1) is 0 Å². The first-order valence-electron chi connectivity index (χ1n) is 5.24. The van der Waals surface area contributed by atoms with E-state index in [1.54, 1.807) is 0 Å². The van der Waals surface area contributed by atoms with E-state index in [9.17, 15) is 0 Å². The fourth-order valence-corrected chi connectivity index (χ4v) is 1.97. The molecule has 74 valence electrons. The Kier molecular flexibility index (Phi) is 2.58. The van der Waals surface area contributed by atoms with Crippen LogP contribution in [0.1, 0.15) is 25.3 Å². The summed E-state index contributed by atoms with van der Waals surface area (Å²) in [5, 5.41) is 3.55. The van der Waals surface area contributed by atoms with Crippen molar-refractivity contribution in [2.24, 2.45) is 0 Å². The normalized spacial score (nSPS) is 18.8. The summed E-state index contributed by atoms with van der Waals surface area (Å²) in [6.07, 6.45) is 3.50. The van der Waals surface area contributed by atoms with Crippen LogP contribution in [0.2, 0.25) is 0 Å². The van der Waals surface area contributed by atoms with Crippen LogP contribution in [-0.4, -0.2) is 6.04 Å². The Morgan fingerprint density at radius 3 is 3.00 bits per heavy atom. The van der Waals surface area contributed by atoms with E-state index in [2.05, 4.69) is 43.1 Å². The summed E-state index contributed by atoms with van der Waals surface area (Å²) in [5.41, 5.74) is 4.06. The molecule has 0 amide bonds. The van der Waals surface area contributed by atoms with Crippen molar-refractivity contribution in [3.8, 4) is 0 Å². The summed E-state index contributed by atoms with van der Waals surface area (Å²) < 4.78 is 0. The highest BCUT2D eigenvalue weighted by atomic mass is 14.9. The van der Waals surface area contributed by atoms with Gasteiger partial charge in [-0.2, -0.15) is 0 Å². The van der Waals surface area contributed by atoms with Gasteiger partial charge in [-0.1, -0.05) is 23.8 Å². The van der Waals surface area contributed by atoms with Crippen molar-refractivity contribution in [3.63, 3.8) is 0 Å². The molecule has 0 aromatic heterocycles. The summed E-state index contributed by atoms with van der Waals surface area (Å²) >= 11 is 0. The van der Waals surface area contributed by atoms with Crippen molar-refractivity contribution in [3.05, 3.63) is 42.0 Å². The van der Waals surface area contributed by atoms with Crippen molar-refractivity contribution in [2.75, 3.05) is 5.32 Å². The third kappa shape index (κ3) is 1.98. The number of hydrogen-bond acceptors (Lipinski definition) is 1. The molecule has 0 saturated carbocycles. The van der Waals surface area contributed by atoms with E-state index in [0.29, 0.717) is 6.04 Å². The Hall–Kier alpha value is -1.24. The maximum Gasteiger partial charge on any atom is 0.0375 e. The van der Waals surface area contributed by atoms with Crippen LogP contribution < -0.4 is 5.32 Å². The molecule has 0 saturated heterocycles. The number of rotatable bonds is 3. The highest BCUT2D eigenvalue weighted by molar-refractivity contribution is 5.56. The molecule has 1 atom stereocenters. The summed E-state index contributed by atoms with van der Waals surface area (Å²) in [7, 11) is 0. The molecule has 0 fully saturated rings. The van der Waals surface area contributed by atoms with E-state index < -0.39 is 0 Å². The Balaban J connectivity index is 1.95. The maximum atomic E-state index is 3.94. The van der Waals surface area contributed by atoms with E-state index in [0.717, 1.165) is 6.42 Å². The molecular formula is C13H17N. The van der Waals surface area contributed by atoms with Gasteiger partial charge < -0.3 is 5.32 Å². The molecule has 0 radical (unpaired) electrons. The quantitative estimate of drug-likeness (QED) is 0.715. The second kappa shape index (κ2) is 3.87. The van der Waals surface area contributed by atoms with Gasteiger partial charge in [0.2, 0.25) is 0 Å². The van der Waals surface area contributed by atoms with Gasteiger partial charge in [-0.3, -0.25) is 0 Å². The van der Waals surface area contributed by atoms with Gasteiger partial charge in [0.25, 0.3) is 0 Å².